The normalized spacial score (nSPS) is 15.2. The molecule has 0 aliphatic carbocycles. The van der Waals surface area contributed by atoms with E-state index in [1.807, 2.05) is 10.9 Å². The van der Waals surface area contributed by atoms with E-state index in [0.717, 1.165) is 6.54 Å². The fourth-order valence-electron chi connectivity index (χ4n) is 1.82. The van der Waals surface area contributed by atoms with Crippen LogP contribution in [-0.4, -0.2) is 15.8 Å². The van der Waals surface area contributed by atoms with Gasteiger partial charge in [0.15, 0.2) is 0 Å². The highest BCUT2D eigenvalue weighted by Gasteiger charge is 2.10. The van der Waals surface area contributed by atoms with E-state index in [1.165, 1.54) is 18.4 Å². The van der Waals surface area contributed by atoms with Crippen molar-refractivity contribution in [2.75, 3.05) is 0 Å². The van der Waals surface area contributed by atoms with Crippen molar-refractivity contribution in [2.24, 2.45) is 0 Å². The van der Waals surface area contributed by atoms with Crippen LogP contribution in [-0.2, 0) is 6.54 Å². The molecule has 1 heterocycles. The van der Waals surface area contributed by atoms with E-state index < -0.39 is 0 Å². The molecule has 15 heavy (non-hydrogen) atoms. The maximum absolute atomic E-state index is 4.29. The number of aryl methyl sites for hydroxylation is 1. The summed E-state index contributed by atoms with van der Waals surface area (Å²) in [6, 6.07) is 0.974. The van der Waals surface area contributed by atoms with Gasteiger partial charge in [0, 0.05) is 30.4 Å². The number of rotatable bonds is 6. The second kappa shape index (κ2) is 5.91. The second-order valence-electron chi connectivity index (χ2n) is 4.21. The van der Waals surface area contributed by atoms with Gasteiger partial charge in [-0.15, -0.1) is 0 Å². The molecule has 0 radical (unpaired) electrons. The fourth-order valence-corrected chi connectivity index (χ4v) is 1.82. The molecule has 2 atom stereocenters. The molecule has 0 saturated heterocycles. The van der Waals surface area contributed by atoms with Crippen LogP contribution in [0.5, 0.6) is 0 Å². The van der Waals surface area contributed by atoms with Gasteiger partial charge < -0.3 is 5.32 Å². The molecule has 0 spiro atoms. The Labute approximate surface area is 92.9 Å². The van der Waals surface area contributed by atoms with Gasteiger partial charge in [0.1, 0.15) is 0 Å². The summed E-state index contributed by atoms with van der Waals surface area (Å²) in [6.45, 7) is 9.71. The molecule has 1 aromatic rings. The molecule has 0 fully saturated rings. The molecular formula is C12H23N3. The highest BCUT2D eigenvalue weighted by atomic mass is 15.3. The first kappa shape index (κ1) is 12.2. The zero-order chi connectivity index (χ0) is 11.3. The summed E-state index contributed by atoms with van der Waals surface area (Å²) in [6.07, 6.45) is 6.54. The van der Waals surface area contributed by atoms with E-state index in [4.69, 9.17) is 0 Å². The van der Waals surface area contributed by atoms with Gasteiger partial charge in [0.2, 0.25) is 0 Å². The summed E-state index contributed by atoms with van der Waals surface area (Å²) < 4.78 is 1.97. The third-order valence-corrected chi connectivity index (χ3v) is 2.73. The van der Waals surface area contributed by atoms with E-state index in [9.17, 15) is 0 Å². The molecule has 0 aliphatic rings. The summed E-state index contributed by atoms with van der Waals surface area (Å²) >= 11 is 0. The molecule has 86 valence electrons. The Kier molecular flexibility index (Phi) is 4.82. The van der Waals surface area contributed by atoms with E-state index in [0.29, 0.717) is 12.1 Å². The molecule has 0 aliphatic heterocycles. The Balaban J connectivity index is 2.49. The van der Waals surface area contributed by atoms with E-state index in [1.54, 1.807) is 0 Å². The predicted octanol–water partition coefficient (Wildman–Crippen LogP) is 2.74. The van der Waals surface area contributed by atoms with Gasteiger partial charge in [0.05, 0.1) is 6.20 Å². The minimum atomic E-state index is 0.395. The first-order valence-electron chi connectivity index (χ1n) is 5.95. The maximum Gasteiger partial charge on any atom is 0.0537 e. The molecule has 0 bridgehead atoms. The Bertz CT molecular complexity index is 280. The van der Waals surface area contributed by atoms with E-state index >= 15 is 0 Å². The predicted molar refractivity (Wildman–Crippen MR) is 63.8 cm³/mol. The monoisotopic (exact) mass is 209 g/mol. The average molecular weight is 209 g/mol. The van der Waals surface area contributed by atoms with Crippen LogP contribution in [0, 0.1) is 0 Å². The molecule has 0 saturated carbocycles. The van der Waals surface area contributed by atoms with Crippen LogP contribution in [0.15, 0.2) is 12.4 Å². The van der Waals surface area contributed by atoms with Crippen molar-refractivity contribution in [3.8, 4) is 0 Å². The summed E-state index contributed by atoms with van der Waals surface area (Å²) in [5.74, 6) is 0. The van der Waals surface area contributed by atoms with Crippen molar-refractivity contribution in [3.63, 3.8) is 0 Å². The molecule has 3 heteroatoms. The van der Waals surface area contributed by atoms with Gasteiger partial charge in [-0.1, -0.05) is 13.3 Å². The first-order valence-corrected chi connectivity index (χ1v) is 5.95. The van der Waals surface area contributed by atoms with Crippen LogP contribution in [0.2, 0.25) is 0 Å². The van der Waals surface area contributed by atoms with Crippen LogP contribution in [0.25, 0.3) is 0 Å². The lowest BCUT2D eigenvalue weighted by Gasteiger charge is -2.18. The third-order valence-electron chi connectivity index (χ3n) is 2.73. The molecule has 0 aromatic carbocycles. The van der Waals surface area contributed by atoms with Gasteiger partial charge in [-0.25, -0.2) is 0 Å². The lowest BCUT2D eigenvalue weighted by molar-refractivity contribution is 0.452. The summed E-state index contributed by atoms with van der Waals surface area (Å²) in [4.78, 5) is 0. The SMILES string of the molecule is CCCC(C)NC(C)c1cnn(CC)c1. The Morgan fingerprint density at radius 2 is 2.13 bits per heavy atom. The smallest absolute Gasteiger partial charge is 0.0537 e. The van der Waals surface area contributed by atoms with Crippen molar-refractivity contribution in [3.05, 3.63) is 18.0 Å². The number of hydrogen-bond acceptors (Lipinski definition) is 2. The lowest BCUT2D eigenvalue weighted by atomic mass is 10.1. The van der Waals surface area contributed by atoms with Crippen LogP contribution in [0.4, 0.5) is 0 Å². The molecule has 1 N–H and O–H groups in total. The van der Waals surface area contributed by atoms with Gasteiger partial charge in [-0.2, -0.15) is 5.10 Å². The van der Waals surface area contributed by atoms with Crippen LogP contribution >= 0.6 is 0 Å². The fraction of sp³-hybridized carbons (Fsp3) is 0.750. The highest BCUT2D eigenvalue weighted by Crippen LogP contribution is 2.12. The van der Waals surface area contributed by atoms with Crippen molar-refractivity contribution in [1.29, 1.82) is 0 Å². The number of aromatic nitrogens is 2. The average Bonchev–Trinajstić information content (AvgIpc) is 2.66. The molecular weight excluding hydrogens is 186 g/mol. The minimum Gasteiger partial charge on any atom is -0.308 e. The molecule has 2 unspecified atom stereocenters. The molecule has 0 amide bonds. The van der Waals surface area contributed by atoms with E-state index in [2.05, 4.69) is 44.3 Å². The third kappa shape index (κ3) is 3.67. The van der Waals surface area contributed by atoms with Crippen molar-refractivity contribution >= 4 is 0 Å². The zero-order valence-electron chi connectivity index (χ0n) is 10.3. The highest BCUT2D eigenvalue weighted by molar-refractivity contribution is 5.09. The molecule has 3 nitrogen and oxygen atoms in total. The van der Waals surface area contributed by atoms with Crippen LogP contribution < -0.4 is 5.32 Å². The van der Waals surface area contributed by atoms with Gasteiger partial charge >= 0.3 is 0 Å². The van der Waals surface area contributed by atoms with Gasteiger partial charge in [-0.05, 0) is 27.2 Å². The standard InChI is InChI=1S/C12H23N3/c1-5-7-10(3)14-11(4)12-8-13-15(6-2)9-12/h8-11,14H,5-7H2,1-4H3. The topological polar surface area (TPSA) is 29.9 Å². The number of hydrogen-bond donors (Lipinski definition) is 1. The Hall–Kier alpha value is -0.830. The Morgan fingerprint density at radius 1 is 1.40 bits per heavy atom. The minimum absolute atomic E-state index is 0.395. The van der Waals surface area contributed by atoms with Gasteiger partial charge in [0.25, 0.3) is 0 Å². The molecule has 1 rings (SSSR count). The summed E-state index contributed by atoms with van der Waals surface area (Å²) in [7, 11) is 0. The summed E-state index contributed by atoms with van der Waals surface area (Å²) in [5, 5.41) is 7.87. The quantitative estimate of drug-likeness (QED) is 0.780. The zero-order valence-corrected chi connectivity index (χ0v) is 10.3. The summed E-state index contributed by atoms with van der Waals surface area (Å²) in [5.41, 5.74) is 1.28. The second-order valence-corrected chi connectivity index (χ2v) is 4.21. The van der Waals surface area contributed by atoms with E-state index in [-0.39, 0.29) is 0 Å². The Morgan fingerprint density at radius 3 is 2.67 bits per heavy atom. The first-order chi connectivity index (χ1) is 7.17. The molecule has 1 aromatic heterocycles. The largest absolute Gasteiger partial charge is 0.308 e. The van der Waals surface area contributed by atoms with Crippen LogP contribution in [0.1, 0.15) is 52.1 Å². The van der Waals surface area contributed by atoms with Crippen molar-refractivity contribution in [2.45, 2.75) is 59.2 Å². The van der Waals surface area contributed by atoms with Crippen LogP contribution in [0.3, 0.4) is 0 Å². The van der Waals surface area contributed by atoms with Crippen molar-refractivity contribution in [1.82, 2.24) is 15.1 Å². The lowest BCUT2D eigenvalue weighted by Crippen LogP contribution is -2.28. The van der Waals surface area contributed by atoms with Crippen molar-refractivity contribution < 1.29 is 0 Å². The number of nitrogens with zero attached hydrogens (tertiary/aromatic N) is 2. The van der Waals surface area contributed by atoms with Gasteiger partial charge in [-0.3, -0.25) is 4.68 Å². The number of nitrogens with one attached hydrogen (secondary N) is 1. The maximum atomic E-state index is 4.29.